The lowest BCUT2D eigenvalue weighted by Crippen LogP contribution is -2.27. The van der Waals surface area contributed by atoms with E-state index >= 15 is 0 Å². The molecule has 0 atom stereocenters. The summed E-state index contributed by atoms with van der Waals surface area (Å²) in [6.45, 7) is 1.66. The third kappa shape index (κ3) is 2.46. The molecule has 0 aliphatic carbocycles. The molecule has 19 heavy (non-hydrogen) atoms. The van der Waals surface area contributed by atoms with E-state index in [1.54, 1.807) is 31.2 Å². The largest absolute Gasteiger partial charge is 0.281 e. The molecule has 102 valence electrons. The number of nitrogens with one attached hydrogen (secondary N) is 1. The summed E-state index contributed by atoms with van der Waals surface area (Å²) >= 11 is 5.74. The molecule has 0 unspecified atom stereocenters. The Hall–Kier alpha value is -1.53. The molecule has 1 N–H and O–H groups in total. The number of para-hydroxylation sites is 1. The van der Waals surface area contributed by atoms with Gasteiger partial charge in [-0.05, 0) is 19.1 Å². The Labute approximate surface area is 117 Å². The number of anilines is 1. The zero-order valence-electron chi connectivity index (χ0n) is 10.6. The molecular weight excluding hydrogens is 286 g/mol. The summed E-state index contributed by atoms with van der Waals surface area (Å²) in [6, 6.07) is 8.86. The molecule has 1 heterocycles. The molecule has 0 aliphatic rings. The predicted molar refractivity (Wildman–Crippen MR) is 74.9 cm³/mol. The van der Waals surface area contributed by atoms with Gasteiger partial charge in [0.2, 0.25) is 0 Å². The molecule has 0 fully saturated rings. The summed E-state index contributed by atoms with van der Waals surface area (Å²) in [6.07, 6.45) is 0. The predicted octanol–water partition coefficient (Wildman–Crippen LogP) is 2.28. The number of H-pyrrole nitrogens is 1. The van der Waals surface area contributed by atoms with Crippen LogP contribution in [0.1, 0.15) is 11.4 Å². The first-order chi connectivity index (χ1) is 8.98. The molecule has 0 spiro atoms. The summed E-state index contributed by atoms with van der Waals surface area (Å²) in [5, 5.41) is 6.57. The monoisotopic (exact) mass is 299 g/mol. The van der Waals surface area contributed by atoms with Crippen LogP contribution < -0.4 is 4.31 Å². The van der Waals surface area contributed by atoms with Crippen molar-refractivity contribution >= 4 is 27.3 Å². The van der Waals surface area contributed by atoms with Crippen LogP contribution in [0.3, 0.4) is 0 Å². The molecule has 0 saturated carbocycles. The van der Waals surface area contributed by atoms with Crippen molar-refractivity contribution in [2.45, 2.75) is 17.7 Å². The van der Waals surface area contributed by atoms with E-state index in [2.05, 4.69) is 10.2 Å². The van der Waals surface area contributed by atoms with Crippen LogP contribution >= 0.6 is 11.6 Å². The number of aromatic nitrogens is 2. The molecule has 5 nitrogen and oxygen atoms in total. The topological polar surface area (TPSA) is 66.1 Å². The van der Waals surface area contributed by atoms with Crippen LogP contribution in [0.5, 0.6) is 0 Å². The summed E-state index contributed by atoms with van der Waals surface area (Å²) in [5.41, 5.74) is 1.41. The van der Waals surface area contributed by atoms with Gasteiger partial charge >= 0.3 is 0 Å². The number of hydrogen-bond acceptors (Lipinski definition) is 3. The van der Waals surface area contributed by atoms with E-state index in [0.717, 1.165) is 0 Å². The molecule has 0 amide bonds. The SMILES string of the molecule is Cc1[nH]nc(CCl)c1S(=O)(=O)N(C)c1ccccc1. The summed E-state index contributed by atoms with van der Waals surface area (Å²) < 4.78 is 26.4. The number of rotatable bonds is 4. The van der Waals surface area contributed by atoms with E-state index in [-0.39, 0.29) is 10.8 Å². The van der Waals surface area contributed by atoms with Crippen molar-refractivity contribution in [1.29, 1.82) is 0 Å². The highest BCUT2D eigenvalue weighted by Crippen LogP contribution is 2.26. The van der Waals surface area contributed by atoms with E-state index in [0.29, 0.717) is 17.1 Å². The fourth-order valence-corrected chi connectivity index (χ4v) is 3.61. The van der Waals surface area contributed by atoms with Crippen molar-refractivity contribution < 1.29 is 8.42 Å². The minimum Gasteiger partial charge on any atom is -0.281 e. The highest BCUT2D eigenvalue weighted by Gasteiger charge is 2.28. The normalized spacial score (nSPS) is 11.5. The maximum Gasteiger partial charge on any atom is 0.267 e. The second-order valence-corrected chi connectivity index (χ2v) is 6.24. The Morgan fingerprint density at radius 1 is 1.32 bits per heavy atom. The molecule has 1 aromatic heterocycles. The standard InChI is InChI=1S/C12H14ClN3O2S/c1-9-12(11(8-13)15-14-9)19(17,18)16(2)10-6-4-3-5-7-10/h3-7H,8H2,1-2H3,(H,14,15). The highest BCUT2D eigenvalue weighted by atomic mass is 35.5. The molecule has 0 radical (unpaired) electrons. The molecule has 1 aromatic carbocycles. The Morgan fingerprint density at radius 3 is 2.53 bits per heavy atom. The lowest BCUT2D eigenvalue weighted by atomic mass is 10.3. The fourth-order valence-electron chi connectivity index (χ4n) is 1.82. The van der Waals surface area contributed by atoms with Gasteiger partial charge in [0.05, 0.1) is 23.0 Å². The van der Waals surface area contributed by atoms with E-state index < -0.39 is 10.0 Å². The van der Waals surface area contributed by atoms with Crippen LogP contribution in [0.2, 0.25) is 0 Å². The van der Waals surface area contributed by atoms with E-state index in [9.17, 15) is 8.42 Å². The quantitative estimate of drug-likeness (QED) is 0.881. The van der Waals surface area contributed by atoms with Gasteiger partial charge in [0, 0.05) is 7.05 Å². The number of halogens is 1. The van der Waals surface area contributed by atoms with Crippen molar-refractivity contribution in [1.82, 2.24) is 10.2 Å². The zero-order chi connectivity index (χ0) is 14.0. The highest BCUT2D eigenvalue weighted by molar-refractivity contribution is 7.92. The lowest BCUT2D eigenvalue weighted by molar-refractivity contribution is 0.593. The number of hydrogen-bond donors (Lipinski definition) is 1. The van der Waals surface area contributed by atoms with Crippen LogP contribution in [-0.4, -0.2) is 25.7 Å². The molecule has 0 saturated heterocycles. The lowest BCUT2D eigenvalue weighted by Gasteiger charge is -2.19. The number of nitrogens with zero attached hydrogens (tertiary/aromatic N) is 2. The van der Waals surface area contributed by atoms with Gasteiger partial charge in [-0.25, -0.2) is 8.42 Å². The Kier molecular flexibility index (Phi) is 3.82. The molecule has 2 rings (SSSR count). The van der Waals surface area contributed by atoms with Gasteiger partial charge in [-0.3, -0.25) is 9.40 Å². The first kappa shape index (κ1) is 13.9. The first-order valence-corrected chi connectivity index (χ1v) is 7.59. The minimum atomic E-state index is -3.67. The summed E-state index contributed by atoms with van der Waals surface area (Å²) in [5.74, 6) is 0.0432. The molecule has 0 aliphatic heterocycles. The third-order valence-electron chi connectivity index (χ3n) is 2.83. The van der Waals surface area contributed by atoms with Crippen LogP contribution in [0.4, 0.5) is 5.69 Å². The third-order valence-corrected chi connectivity index (χ3v) is 5.07. The van der Waals surface area contributed by atoms with Crippen LogP contribution in [-0.2, 0) is 15.9 Å². The number of aromatic amines is 1. The average Bonchev–Trinajstić information content (AvgIpc) is 2.80. The van der Waals surface area contributed by atoms with Crippen molar-refractivity contribution in [2.75, 3.05) is 11.4 Å². The van der Waals surface area contributed by atoms with Crippen molar-refractivity contribution in [3.8, 4) is 0 Å². The van der Waals surface area contributed by atoms with E-state index in [1.807, 2.05) is 6.07 Å². The minimum absolute atomic E-state index is 0.0432. The number of benzene rings is 1. The van der Waals surface area contributed by atoms with Gasteiger partial charge in [0.25, 0.3) is 10.0 Å². The number of sulfonamides is 1. The van der Waals surface area contributed by atoms with Gasteiger partial charge in [0.1, 0.15) is 4.90 Å². The Balaban J connectivity index is 2.51. The van der Waals surface area contributed by atoms with Crippen LogP contribution in [0.25, 0.3) is 0 Å². The van der Waals surface area contributed by atoms with Gasteiger partial charge < -0.3 is 0 Å². The molecule has 2 aromatic rings. The molecule has 0 bridgehead atoms. The van der Waals surface area contributed by atoms with Gasteiger partial charge in [-0.15, -0.1) is 11.6 Å². The maximum absolute atomic E-state index is 12.6. The number of alkyl halides is 1. The summed E-state index contributed by atoms with van der Waals surface area (Å²) in [4.78, 5) is 0.147. The second kappa shape index (κ2) is 5.22. The fraction of sp³-hybridized carbons (Fsp3) is 0.250. The summed E-state index contributed by atoms with van der Waals surface area (Å²) in [7, 11) is -2.16. The number of aryl methyl sites for hydroxylation is 1. The Morgan fingerprint density at radius 2 is 1.95 bits per heavy atom. The smallest absolute Gasteiger partial charge is 0.267 e. The second-order valence-electron chi connectivity index (χ2n) is 4.07. The first-order valence-electron chi connectivity index (χ1n) is 5.62. The van der Waals surface area contributed by atoms with Crippen molar-refractivity contribution in [3.05, 3.63) is 41.7 Å². The van der Waals surface area contributed by atoms with Crippen LogP contribution in [0, 0.1) is 6.92 Å². The van der Waals surface area contributed by atoms with Crippen LogP contribution in [0.15, 0.2) is 35.2 Å². The van der Waals surface area contributed by atoms with Crippen molar-refractivity contribution in [2.24, 2.45) is 0 Å². The molecular formula is C12H14ClN3O2S. The van der Waals surface area contributed by atoms with E-state index in [1.165, 1.54) is 11.4 Å². The van der Waals surface area contributed by atoms with Gasteiger partial charge in [0.15, 0.2) is 0 Å². The maximum atomic E-state index is 12.6. The van der Waals surface area contributed by atoms with Gasteiger partial charge in [-0.1, -0.05) is 18.2 Å². The Bertz CT molecular complexity index is 668. The average molecular weight is 300 g/mol. The zero-order valence-corrected chi connectivity index (χ0v) is 12.2. The van der Waals surface area contributed by atoms with E-state index in [4.69, 9.17) is 11.6 Å². The van der Waals surface area contributed by atoms with Gasteiger partial charge in [-0.2, -0.15) is 5.10 Å². The van der Waals surface area contributed by atoms with Crippen molar-refractivity contribution in [3.63, 3.8) is 0 Å². The molecule has 7 heteroatoms.